The summed E-state index contributed by atoms with van der Waals surface area (Å²) in [6.07, 6.45) is 6.56. The van der Waals surface area contributed by atoms with Crippen LogP contribution in [-0.4, -0.2) is 23.3 Å². The highest BCUT2D eigenvalue weighted by Gasteiger charge is 2.32. The minimum atomic E-state index is -0.474. The Hall–Kier alpha value is -0.860. The van der Waals surface area contributed by atoms with Gasteiger partial charge in [-0.1, -0.05) is 50.1 Å². The molecule has 112 valence electrons. The third-order valence-corrected chi connectivity index (χ3v) is 4.56. The molecule has 3 atom stereocenters. The zero-order chi connectivity index (χ0) is 14.4. The molecule has 0 radical (unpaired) electrons. The molecule has 0 heterocycles. The van der Waals surface area contributed by atoms with Crippen molar-refractivity contribution >= 4 is 0 Å². The van der Waals surface area contributed by atoms with E-state index in [2.05, 4.69) is 49.5 Å². The summed E-state index contributed by atoms with van der Waals surface area (Å²) in [6, 6.07) is 11.1. The van der Waals surface area contributed by atoms with Gasteiger partial charge in [0.2, 0.25) is 0 Å². The van der Waals surface area contributed by atoms with Crippen molar-refractivity contribution in [2.24, 2.45) is 5.92 Å². The molecule has 2 nitrogen and oxygen atoms in total. The average molecular weight is 275 g/mol. The number of aryl methyl sites for hydroxylation is 1. The zero-order valence-corrected chi connectivity index (χ0v) is 12.9. The maximum Gasteiger partial charge on any atom is 0.0774 e. The summed E-state index contributed by atoms with van der Waals surface area (Å²) < 4.78 is 0. The van der Waals surface area contributed by atoms with Gasteiger partial charge in [-0.2, -0.15) is 0 Å². The molecular formula is C18H29NO. The SMILES string of the molecule is CC1CCCC(O)(CNC(C)CCc2ccccc2)C1. The summed E-state index contributed by atoms with van der Waals surface area (Å²) in [5.41, 5.74) is 0.921. The number of hydrogen-bond acceptors (Lipinski definition) is 2. The van der Waals surface area contributed by atoms with Crippen LogP contribution in [0.25, 0.3) is 0 Å². The first-order valence-electron chi connectivity index (χ1n) is 8.07. The lowest BCUT2D eigenvalue weighted by atomic mass is 9.79. The molecule has 3 unspecified atom stereocenters. The largest absolute Gasteiger partial charge is 0.389 e. The highest BCUT2D eigenvalue weighted by Crippen LogP contribution is 2.31. The number of rotatable bonds is 6. The predicted octanol–water partition coefficient (Wildman–Crippen LogP) is 3.54. The van der Waals surface area contributed by atoms with Crippen molar-refractivity contribution in [1.29, 1.82) is 0 Å². The second-order valence-corrected chi connectivity index (χ2v) is 6.73. The van der Waals surface area contributed by atoms with Crippen molar-refractivity contribution < 1.29 is 5.11 Å². The highest BCUT2D eigenvalue weighted by molar-refractivity contribution is 5.14. The van der Waals surface area contributed by atoms with Crippen LogP contribution in [0.1, 0.15) is 51.5 Å². The molecule has 1 aliphatic rings. The Morgan fingerprint density at radius 2 is 2.10 bits per heavy atom. The van der Waals surface area contributed by atoms with Crippen molar-refractivity contribution in [3.05, 3.63) is 35.9 Å². The van der Waals surface area contributed by atoms with E-state index in [4.69, 9.17) is 0 Å². The van der Waals surface area contributed by atoms with Gasteiger partial charge in [0.05, 0.1) is 5.60 Å². The van der Waals surface area contributed by atoms with E-state index in [9.17, 15) is 5.11 Å². The summed E-state index contributed by atoms with van der Waals surface area (Å²) in [6.45, 7) is 5.22. The molecule has 1 fully saturated rings. The smallest absolute Gasteiger partial charge is 0.0774 e. The molecule has 20 heavy (non-hydrogen) atoms. The second kappa shape index (κ2) is 7.24. The average Bonchev–Trinajstić information content (AvgIpc) is 2.44. The van der Waals surface area contributed by atoms with Crippen LogP contribution < -0.4 is 5.32 Å². The van der Waals surface area contributed by atoms with Gasteiger partial charge in [-0.25, -0.2) is 0 Å². The summed E-state index contributed by atoms with van der Waals surface area (Å²) in [7, 11) is 0. The summed E-state index contributed by atoms with van der Waals surface area (Å²) in [4.78, 5) is 0. The topological polar surface area (TPSA) is 32.3 Å². The van der Waals surface area contributed by atoms with Gasteiger partial charge in [0.25, 0.3) is 0 Å². The molecule has 1 saturated carbocycles. The van der Waals surface area contributed by atoms with Gasteiger partial charge in [0.15, 0.2) is 0 Å². The lowest BCUT2D eigenvalue weighted by Gasteiger charge is -2.36. The van der Waals surface area contributed by atoms with Gasteiger partial charge >= 0.3 is 0 Å². The van der Waals surface area contributed by atoms with Crippen molar-refractivity contribution in [1.82, 2.24) is 5.32 Å². The van der Waals surface area contributed by atoms with Crippen LogP contribution in [0.3, 0.4) is 0 Å². The molecular weight excluding hydrogens is 246 g/mol. The van der Waals surface area contributed by atoms with E-state index in [1.54, 1.807) is 0 Å². The summed E-state index contributed by atoms with van der Waals surface area (Å²) >= 11 is 0. The van der Waals surface area contributed by atoms with Crippen LogP contribution in [0.2, 0.25) is 0 Å². The van der Waals surface area contributed by atoms with E-state index >= 15 is 0 Å². The minimum Gasteiger partial charge on any atom is -0.389 e. The Morgan fingerprint density at radius 1 is 1.35 bits per heavy atom. The van der Waals surface area contributed by atoms with Gasteiger partial charge in [0.1, 0.15) is 0 Å². The molecule has 0 saturated heterocycles. The first kappa shape index (κ1) is 15.5. The van der Waals surface area contributed by atoms with Crippen LogP contribution in [0.5, 0.6) is 0 Å². The normalized spacial score (nSPS) is 28.2. The van der Waals surface area contributed by atoms with Crippen LogP contribution in [0, 0.1) is 5.92 Å². The van der Waals surface area contributed by atoms with Crippen LogP contribution >= 0.6 is 0 Å². The number of benzene rings is 1. The van der Waals surface area contributed by atoms with Crippen molar-refractivity contribution in [3.63, 3.8) is 0 Å². The molecule has 1 aromatic rings. The van der Waals surface area contributed by atoms with E-state index in [1.807, 2.05) is 0 Å². The fourth-order valence-corrected chi connectivity index (χ4v) is 3.29. The van der Waals surface area contributed by atoms with Gasteiger partial charge in [-0.15, -0.1) is 0 Å². The third kappa shape index (κ3) is 4.92. The monoisotopic (exact) mass is 275 g/mol. The number of hydrogen-bond donors (Lipinski definition) is 2. The van der Waals surface area contributed by atoms with Gasteiger partial charge in [-0.05, 0) is 44.1 Å². The van der Waals surface area contributed by atoms with E-state index in [-0.39, 0.29) is 0 Å². The van der Waals surface area contributed by atoms with Crippen LogP contribution in [0.4, 0.5) is 0 Å². The van der Waals surface area contributed by atoms with Crippen molar-refractivity contribution in [2.45, 2.75) is 64.0 Å². The van der Waals surface area contributed by atoms with Gasteiger partial charge in [-0.3, -0.25) is 0 Å². The Bertz CT molecular complexity index is 392. The first-order valence-corrected chi connectivity index (χ1v) is 8.07. The summed E-state index contributed by atoms with van der Waals surface area (Å²) in [5, 5.41) is 14.1. The lowest BCUT2D eigenvalue weighted by molar-refractivity contribution is -0.0135. The van der Waals surface area contributed by atoms with E-state index in [0.29, 0.717) is 12.0 Å². The molecule has 0 aromatic heterocycles. The van der Waals surface area contributed by atoms with Crippen LogP contribution in [0.15, 0.2) is 30.3 Å². The standard InChI is InChI=1S/C18H29NO/c1-15-7-6-12-18(20,13-15)14-19-16(2)10-11-17-8-4-3-5-9-17/h3-5,8-9,15-16,19-20H,6-7,10-14H2,1-2H3. The van der Waals surface area contributed by atoms with E-state index in [1.165, 1.54) is 12.0 Å². The first-order chi connectivity index (χ1) is 9.57. The molecule has 0 bridgehead atoms. The Kier molecular flexibility index (Phi) is 5.62. The van der Waals surface area contributed by atoms with Gasteiger partial charge in [0, 0.05) is 12.6 Å². The molecule has 2 heteroatoms. The molecule has 0 aliphatic heterocycles. The van der Waals surface area contributed by atoms with Crippen molar-refractivity contribution in [3.8, 4) is 0 Å². The number of aliphatic hydroxyl groups is 1. The molecule has 2 N–H and O–H groups in total. The maximum atomic E-state index is 10.6. The summed E-state index contributed by atoms with van der Waals surface area (Å²) in [5.74, 6) is 0.662. The van der Waals surface area contributed by atoms with Crippen LogP contribution in [-0.2, 0) is 6.42 Å². The third-order valence-electron chi connectivity index (χ3n) is 4.56. The Balaban J connectivity index is 1.70. The fourth-order valence-electron chi connectivity index (χ4n) is 3.29. The lowest BCUT2D eigenvalue weighted by Crippen LogP contribution is -2.46. The van der Waals surface area contributed by atoms with E-state index in [0.717, 1.165) is 38.6 Å². The maximum absolute atomic E-state index is 10.6. The van der Waals surface area contributed by atoms with E-state index < -0.39 is 5.60 Å². The van der Waals surface area contributed by atoms with Crippen molar-refractivity contribution in [2.75, 3.05) is 6.54 Å². The highest BCUT2D eigenvalue weighted by atomic mass is 16.3. The molecule has 1 aliphatic carbocycles. The predicted molar refractivity (Wildman–Crippen MR) is 84.8 cm³/mol. The Morgan fingerprint density at radius 3 is 2.80 bits per heavy atom. The molecule has 2 rings (SSSR count). The Labute approximate surface area is 123 Å². The molecule has 0 amide bonds. The fraction of sp³-hybridized carbons (Fsp3) is 0.667. The minimum absolute atomic E-state index is 0.455. The number of nitrogens with one attached hydrogen (secondary N) is 1. The quantitative estimate of drug-likeness (QED) is 0.832. The molecule has 1 aromatic carbocycles. The second-order valence-electron chi connectivity index (χ2n) is 6.73. The van der Waals surface area contributed by atoms with Gasteiger partial charge < -0.3 is 10.4 Å². The zero-order valence-electron chi connectivity index (χ0n) is 12.9. The molecule has 0 spiro atoms.